The molecule has 0 bridgehead atoms. The Kier molecular flexibility index (Phi) is 8.72. The van der Waals surface area contributed by atoms with E-state index in [0.29, 0.717) is 5.69 Å². The monoisotopic (exact) mass is 368 g/mol. The Balaban J connectivity index is 0.000000660. The van der Waals surface area contributed by atoms with Gasteiger partial charge in [-0.3, -0.25) is 4.98 Å². The summed E-state index contributed by atoms with van der Waals surface area (Å²) in [6.07, 6.45) is 0.676. The molecule has 9 heteroatoms. The molecule has 0 radical (unpaired) electrons. The van der Waals surface area contributed by atoms with Crippen molar-refractivity contribution < 1.29 is 29.8 Å². The average Bonchev–Trinajstić information content (AvgIpc) is 2.42. The standard InChI is InChI=1S/C11H15BN2O4.C6H14O2/c1-11(2,3)18-10(15)14-7-9-5-4-8(6-13-9)12(16)17;1-5(2,7)6(3,4)8/h4-6H,7H2,1-3H3,(H,14,15);7-8H,1-4H3/q-2;. The van der Waals surface area contributed by atoms with Crippen molar-refractivity contribution in [1.29, 1.82) is 0 Å². The Labute approximate surface area is 155 Å². The van der Waals surface area contributed by atoms with E-state index in [1.165, 1.54) is 18.3 Å². The molecule has 0 saturated carbocycles. The lowest BCUT2D eigenvalue weighted by molar-refractivity contribution is -0.341. The predicted molar refractivity (Wildman–Crippen MR) is 95.3 cm³/mol. The smallest absolute Gasteiger partial charge is 0.407 e. The number of alkyl carbamates (subject to hydrolysis) is 1. The molecule has 0 unspecified atom stereocenters. The third-order valence-electron chi connectivity index (χ3n) is 3.43. The molecule has 0 saturated heterocycles. The van der Waals surface area contributed by atoms with Gasteiger partial charge in [0.1, 0.15) is 5.60 Å². The van der Waals surface area contributed by atoms with E-state index in [2.05, 4.69) is 10.3 Å². The molecule has 1 rings (SSSR count). The second kappa shape index (κ2) is 9.32. The minimum Gasteiger partial charge on any atom is -0.889 e. The highest BCUT2D eigenvalue weighted by molar-refractivity contribution is 6.55. The van der Waals surface area contributed by atoms with Crippen LogP contribution in [0.5, 0.6) is 0 Å². The fourth-order valence-corrected chi connectivity index (χ4v) is 1.16. The molecule has 1 heterocycles. The zero-order valence-corrected chi connectivity index (χ0v) is 16.5. The molecule has 3 N–H and O–H groups in total. The zero-order valence-electron chi connectivity index (χ0n) is 16.5. The first-order valence-corrected chi connectivity index (χ1v) is 8.21. The van der Waals surface area contributed by atoms with Crippen molar-refractivity contribution in [1.82, 2.24) is 10.3 Å². The molecule has 1 aromatic rings. The minimum absolute atomic E-state index is 0.0796. The van der Waals surface area contributed by atoms with Gasteiger partial charge < -0.3 is 30.3 Å². The number of hydrogen-bond donors (Lipinski definition) is 3. The molecule has 0 aliphatic heterocycles. The predicted octanol–water partition coefficient (Wildman–Crippen LogP) is -0.950. The summed E-state index contributed by atoms with van der Waals surface area (Å²) < 4.78 is 5.04. The highest BCUT2D eigenvalue weighted by Crippen LogP contribution is 2.19. The van der Waals surface area contributed by atoms with Crippen molar-refractivity contribution in [3.63, 3.8) is 0 Å². The summed E-state index contributed by atoms with van der Waals surface area (Å²) in [6.45, 7) is 11.8. The number of aromatic nitrogens is 1. The molecule has 0 atom stereocenters. The number of nitrogens with one attached hydrogen (secondary N) is 1. The van der Waals surface area contributed by atoms with E-state index in [4.69, 9.17) is 14.9 Å². The summed E-state index contributed by atoms with van der Waals surface area (Å²) >= 11 is 0. The fourth-order valence-electron chi connectivity index (χ4n) is 1.16. The van der Waals surface area contributed by atoms with Gasteiger partial charge >= 0.3 is 6.09 Å². The number of amides is 1. The summed E-state index contributed by atoms with van der Waals surface area (Å²) in [7, 11) is -2.04. The molecule has 0 aromatic carbocycles. The second-order valence-electron chi connectivity index (χ2n) is 7.89. The highest BCUT2D eigenvalue weighted by atomic mass is 16.6. The first-order valence-electron chi connectivity index (χ1n) is 8.21. The summed E-state index contributed by atoms with van der Waals surface area (Å²) in [4.78, 5) is 15.2. The summed E-state index contributed by atoms with van der Waals surface area (Å²) in [6, 6.07) is 2.93. The number of carbonyl (C=O) groups excluding carboxylic acids is 1. The Hall–Kier alpha value is -1.68. The van der Waals surface area contributed by atoms with Gasteiger partial charge in [0.15, 0.2) is 0 Å². The van der Waals surface area contributed by atoms with Crippen LogP contribution < -0.4 is 20.8 Å². The maximum atomic E-state index is 11.3. The van der Waals surface area contributed by atoms with Crippen LogP contribution in [0.3, 0.4) is 0 Å². The van der Waals surface area contributed by atoms with Gasteiger partial charge in [0, 0.05) is 6.20 Å². The SMILES string of the molecule is CC(C)(C)OC(=O)NCc1ccc(B([O-])[O-])cn1.CC(C)(O)C(C)(C)O. The number of aliphatic hydroxyl groups is 2. The third-order valence-corrected chi connectivity index (χ3v) is 3.43. The van der Waals surface area contributed by atoms with Crippen molar-refractivity contribution in [3.05, 3.63) is 24.0 Å². The van der Waals surface area contributed by atoms with Gasteiger partial charge in [-0.2, -0.15) is 0 Å². The quantitative estimate of drug-likeness (QED) is 0.583. The Bertz CT molecular complexity index is 545. The molecular weight excluding hydrogens is 339 g/mol. The van der Waals surface area contributed by atoms with Crippen LogP contribution in [0, 0.1) is 0 Å². The molecule has 148 valence electrons. The van der Waals surface area contributed by atoms with Gasteiger partial charge in [0.25, 0.3) is 0 Å². The van der Waals surface area contributed by atoms with E-state index in [-0.39, 0.29) is 12.0 Å². The van der Waals surface area contributed by atoms with Crippen LogP contribution in [0.4, 0.5) is 4.79 Å². The van der Waals surface area contributed by atoms with E-state index in [0.717, 1.165) is 0 Å². The van der Waals surface area contributed by atoms with E-state index >= 15 is 0 Å². The van der Waals surface area contributed by atoms with E-state index in [9.17, 15) is 14.8 Å². The van der Waals surface area contributed by atoms with Crippen molar-refractivity contribution in [3.8, 4) is 0 Å². The van der Waals surface area contributed by atoms with Gasteiger partial charge in [-0.05, 0) is 54.5 Å². The topological polar surface area (TPSA) is 138 Å². The number of carbonyl (C=O) groups is 1. The first-order chi connectivity index (χ1) is 11.5. The van der Waals surface area contributed by atoms with E-state index < -0.39 is 30.0 Å². The van der Waals surface area contributed by atoms with Gasteiger partial charge in [0.2, 0.25) is 0 Å². The number of pyridine rings is 1. The largest absolute Gasteiger partial charge is 0.889 e. The first kappa shape index (κ1) is 24.3. The molecule has 26 heavy (non-hydrogen) atoms. The fraction of sp³-hybridized carbons (Fsp3) is 0.647. The lowest BCUT2D eigenvalue weighted by Crippen LogP contribution is -2.55. The van der Waals surface area contributed by atoms with Crippen LogP contribution in [0.15, 0.2) is 18.3 Å². The van der Waals surface area contributed by atoms with E-state index in [1.54, 1.807) is 48.5 Å². The van der Waals surface area contributed by atoms with Crippen molar-refractivity contribution >= 4 is 18.7 Å². The third kappa shape index (κ3) is 10.3. The molecule has 0 spiro atoms. The van der Waals surface area contributed by atoms with Crippen LogP contribution in [0.1, 0.15) is 54.2 Å². The second-order valence-corrected chi connectivity index (χ2v) is 7.89. The zero-order chi connectivity index (χ0) is 20.8. The maximum absolute atomic E-state index is 11.3. The lowest BCUT2D eigenvalue weighted by Gasteiger charge is -2.31. The molecule has 0 aliphatic carbocycles. The maximum Gasteiger partial charge on any atom is 0.407 e. The minimum atomic E-state index is -2.04. The van der Waals surface area contributed by atoms with Crippen molar-refractivity contribution in [2.75, 3.05) is 0 Å². The summed E-state index contributed by atoms with van der Waals surface area (Å²) in [5.41, 5.74) is -1.94. The Morgan fingerprint density at radius 3 is 1.92 bits per heavy atom. The average molecular weight is 368 g/mol. The Morgan fingerprint density at radius 2 is 1.62 bits per heavy atom. The summed E-state index contributed by atoms with van der Waals surface area (Å²) in [5, 5.41) is 41.9. The molecule has 1 amide bonds. The van der Waals surface area contributed by atoms with Gasteiger partial charge in [-0.25, -0.2) is 4.79 Å². The van der Waals surface area contributed by atoms with Gasteiger partial charge in [0.05, 0.1) is 23.4 Å². The molecule has 0 aliphatic rings. The van der Waals surface area contributed by atoms with Gasteiger partial charge in [-0.1, -0.05) is 13.2 Å². The number of rotatable bonds is 4. The number of hydrogen-bond acceptors (Lipinski definition) is 7. The van der Waals surface area contributed by atoms with Crippen LogP contribution in [-0.4, -0.2) is 45.2 Å². The molecule has 1 aromatic heterocycles. The van der Waals surface area contributed by atoms with Crippen LogP contribution in [0.2, 0.25) is 0 Å². The number of nitrogens with zero attached hydrogens (tertiary/aromatic N) is 1. The van der Waals surface area contributed by atoms with E-state index in [1.807, 2.05) is 0 Å². The Morgan fingerprint density at radius 1 is 1.12 bits per heavy atom. The normalized spacial score (nSPS) is 12.0. The van der Waals surface area contributed by atoms with Crippen LogP contribution in [-0.2, 0) is 11.3 Å². The number of ether oxygens (including phenoxy) is 1. The lowest BCUT2D eigenvalue weighted by atomic mass is 9.82. The molecule has 0 fully saturated rings. The molecular formula is C17H29BN2O6-2. The molecule has 8 nitrogen and oxygen atoms in total. The van der Waals surface area contributed by atoms with Crippen LogP contribution >= 0.6 is 0 Å². The van der Waals surface area contributed by atoms with Crippen LogP contribution in [0.25, 0.3) is 0 Å². The van der Waals surface area contributed by atoms with Crippen molar-refractivity contribution in [2.24, 2.45) is 0 Å². The van der Waals surface area contributed by atoms with Crippen molar-refractivity contribution in [2.45, 2.75) is 71.8 Å². The van der Waals surface area contributed by atoms with Gasteiger partial charge in [-0.15, -0.1) is 5.46 Å². The highest BCUT2D eigenvalue weighted by Gasteiger charge is 2.31. The summed E-state index contributed by atoms with van der Waals surface area (Å²) in [5.74, 6) is 0.